The van der Waals surface area contributed by atoms with Crippen LogP contribution in [-0.4, -0.2) is 30.5 Å². The van der Waals surface area contributed by atoms with E-state index >= 15 is 0 Å². The number of rotatable bonds is 5. The van der Waals surface area contributed by atoms with Gasteiger partial charge in [0.05, 0.1) is 31.7 Å². The smallest absolute Gasteiger partial charge is 0.255 e. The SMILES string of the molecule is CS(=O)(=O)c1cccc(NC(=O)c2ccc3[nH]c(Nc4c(Cl)cccc4Cl)nc3c2)c1. The van der Waals surface area contributed by atoms with Gasteiger partial charge in [-0.3, -0.25) is 4.79 Å². The van der Waals surface area contributed by atoms with Crippen molar-refractivity contribution in [2.24, 2.45) is 0 Å². The first kappa shape index (κ1) is 21.2. The van der Waals surface area contributed by atoms with E-state index in [1.807, 2.05) is 0 Å². The van der Waals surface area contributed by atoms with Gasteiger partial charge in [0.1, 0.15) is 0 Å². The lowest BCUT2D eigenvalue weighted by Crippen LogP contribution is -2.12. The number of para-hydroxylation sites is 1. The number of amides is 1. The van der Waals surface area contributed by atoms with E-state index < -0.39 is 9.84 Å². The van der Waals surface area contributed by atoms with E-state index in [1.165, 1.54) is 12.1 Å². The molecular formula is C21H16Cl2N4O3S. The van der Waals surface area contributed by atoms with Gasteiger partial charge in [-0.25, -0.2) is 13.4 Å². The molecule has 10 heteroatoms. The molecule has 0 aliphatic rings. The second-order valence-corrected chi connectivity index (χ2v) is 9.62. The summed E-state index contributed by atoms with van der Waals surface area (Å²) in [5.41, 5.74) is 2.54. The van der Waals surface area contributed by atoms with Gasteiger partial charge in [-0.2, -0.15) is 0 Å². The fourth-order valence-corrected chi connectivity index (χ4v) is 4.11. The summed E-state index contributed by atoms with van der Waals surface area (Å²) in [7, 11) is -3.38. The first-order valence-electron chi connectivity index (χ1n) is 9.03. The van der Waals surface area contributed by atoms with E-state index in [4.69, 9.17) is 23.2 Å². The number of hydrogen-bond acceptors (Lipinski definition) is 5. The summed E-state index contributed by atoms with van der Waals surface area (Å²) >= 11 is 12.4. The van der Waals surface area contributed by atoms with Crippen molar-refractivity contribution in [2.45, 2.75) is 4.90 Å². The Balaban J connectivity index is 1.57. The zero-order chi connectivity index (χ0) is 22.2. The zero-order valence-corrected chi connectivity index (χ0v) is 18.4. The summed E-state index contributed by atoms with van der Waals surface area (Å²) in [5, 5.41) is 6.65. The molecule has 4 aromatic rings. The number of carbonyl (C=O) groups excluding carboxylic acids is 1. The average molecular weight is 475 g/mol. The molecule has 3 aromatic carbocycles. The molecule has 0 spiro atoms. The lowest BCUT2D eigenvalue weighted by Gasteiger charge is -2.07. The van der Waals surface area contributed by atoms with E-state index in [2.05, 4.69) is 20.6 Å². The Hall–Kier alpha value is -3.07. The Labute approximate surface area is 188 Å². The first-order chi connectivity index (χ1) is 14.7. The van der Waals surface area contributed by atoms with Crippen molar-refractivity contribution in [1.29, 1.82) is 0 Å². The van der Waals surface area contributed by atoms with Crippen LogP contribution < -0.4 is 10.6 Å². The first-order valence-corrected chi connectivity index (χ1v) is 11.7. The van der Waals surface area contributed by atoms with Gasteiger partial charge in [-0.15, -0.1) is 0 Å². The highest BCUT2D eigenvalue weighted by Crippen LogP contribution is 2.32. The molecule has 7 nitrogen and oxygen atoms in total. The highest BCUT2D eigenvalue weighted by Gasteiger charge is 2.13. The maximum atomic E-state index is 12.7. The number of fused-ring (bicyclic) bond motifs is 1. The van der Waals surface area contributed by atoms with Crippen LogP contribution in [0.4, 0.5) is 17.3 Å². The molecule has 3 N–H and O–H groups in total. The predicted molar refractivity (Wildman–Crippen MR) is 123 cm³/mol. The third-order valence-corrected chi connectivity index (χ3v) is 6.21. The van der Waals surface area contributed by atoms with Crippen LogP contribution >= 0.6 is 23.2 Å². The summed E-state index contributed by atoms with van der Waals surface area (Å²) in [6, 6.07) is 16.2. The molecule has 31 heavy (non-hydrogen) atoms. The predicted octanol–water partition coefficient (Wildman–Crippen LogP) is 5.27. The number of aromatic amines is 1. The Morgan fingerprint density at radius 2 is 1.71 bits per heavy atom. The molecule has 4 rings (SSSR count). The van der Waals surface area contributed by atoms with Crippen molar-refractivity contribution >= 4 is 67.3 Å². The Bertz CT molecular complexity index is 1400. The van der Waals surface area contributed by atoms with Crippen LogP contribution in [0.5, 0.6) is 0 Å². The van der Waals surface area contributed by atoms with Crippen LogP contribution in [0.25, 0.3) is 11.0 Å². The number of carbonyl (C=O) groups is 1. The van der Waals surface area contributed by atoms with Gasteiger partial charge < -0.3 is 15.6 Å². The van der Waals surface area contributed by atoms with Crippen LogP contribution in [0.2, 0.25) is 10.0 Å². The molecule has 1 heterocycles. The monoisotopic (exact) mass is 474 g/mol. The zero-order valence-electron chi connectivity index (χ0n) is 16.1. The molecule has 1 amide bonds. The molecule has 0 fully saturated rings. The third-order valence-electron chi connectivity index (χ3n) is 4.47. The van der Waals surface area contributed by atoms with Crippen LogP contribution in [0, 0.1) is 0 Å². The molecule has 0 unspecified atom stereocenters. The summed E-state index contributed by atoms with van der Waals surface area (Å²) in [6.07, 6.45) is 1.11. The minimum absolute atomic E-state index is 0.127. The molecule has 0 atom stereocenters. The standard InChI is InChI=1S/C21H16Cl2N4O3S/c1-31(29,30)14-5-2-4-13(11-14)24-20(28)12-8-9-17-18(10-12)26-21(25-17)27-19-15(22)6-3-7-16(19)23/h2-11H,1H3,(H,24,28)(H2,25,26,27). The van der Waals surface area contributed by atoms with Crippen LogP contribution in [-0.2, 0) is 9.84 Å². The number of H-pyrrole nitrogens is 1. The van der Waals surface area contributed by atoms with Gasteiger partial charge in [0, 0.05) is 17.5 Å². The van der Waals surface area contributed by atoms with E-state index in [-0.39, 0.29) is 10.8 Å². The van der Waals surface area contributed by atoms with Gasteiger partial charge in [0.15, 0.2) is 9.84 Å². The Morgan fingerprint density at radius 1 is 1.00 bits per heavy atom. The largest absolute Gasteiger partial charge is 0.324 e. The van der Waals surface area contributed by atoms with Crippen LogP contribution in [0.3, 0.4) is 0 Å². The van der Waals surface area contributed by atoms with Gasteiger partial charge in [0.25, 0.3) is 5.91 Å². The van der Waals surface area contributed by atoms with Crippen molar-refractivity contribution in [3.8, 4) is 0 Å². The van der Waals surface area contributed by atoms with Crippen molar-refractivity contribution in [3.05, 3.63) is 76.3 Å². The highest BCUT2D eigenvalue weighted by molar-refractivity contribution is 7.90. The summed E-state index contributed by atoms with van der Waals surface area (Å²) < 4.78 is 23.4. The minimum Gasteiger partial charge on any atom is -0.324 e. The number of benzene rings is 3. The molecule has 0 saturated carbocycles. The molecular weight excluding hydrogens is 459 g/mol. The molecule has 1 aromatic heterocycles. The number of halogens is 2. The van der Waals surface area contributed by atoms with Crippen molar-refractivity contribution in [1.82, 2.24) is 9.97 Å². The average Bonchev–Trinajstić information content (AvgIpc) is 3.12. The number of nitrogens with zero attached hydrogens (tertiary/aromatic N) is 1. The number of nitrogens with one attached hydrogen (secondary N) is 3. The number of sulfone groups is 1. The van der Waals surface area contributed by atoms with Crippen molar-refractivity contribution in [3.63, 3.8) is 0 Å². The van der Waals surface area contributed by atoms with Crippen molar-refractivity contribution < 1.29 is 13.2 Å². The number of hydrogen-bond donors (Lipinski definition) is 3. The number of anilines is 3. The molecule has 0 radical (unpaired) electrons. The minimum atomic E-state index is -3.38. The molecule has 0 aliphatic heterocycles. The second kappa shape index (κ2) is 8.22. The Kier molecular flexibility index (Phi) is 5.62. The number of aromatic nitrogens is 2. The summed E-state index contributed by atoms with van der Waals surface area (Å²) in [4.78, 5) is 20.3. The van der Waals surface area contributed by atoms with Gasteiger partial charge in [-0.1, -0.05) is 35.3 Å². The van der Waals surface area contributed by atoms with Crippen LogP contribution in [0.15, 0.2) is 65.6 Å². The van der Waals surface area contributed by atoms with Crippen LogP contribution in [0.1, 0.15) is 10.4 Å². The maximum absolute atomic E-state index is 12.7. The van der Waals surface area contributed by atoms with E-state index in [9.17, 15) is 13.2 Å². The molecule has 0 saturated heterocycles. The number of imidazole rings is 1. The molecule has 158 valence electrons. The third kappa shape index (κ3) is 4.66. The lowest BCUT2D eigenvalue weighted by atomic mass is 10.2. The Morgan fingerprint density at radius 3 is 2.42 bits per heavy atom. The quantitative estimate of drug-likeness (QED) is 0.365. The normalized spacial score (nSPS) is 11.5. The molecule has 0 aliphatic carbocycles. The van der Waals surface area contributed by atoms with E-state index in [1.54, 1.807) is 48.5 Å². The maximum Gasteiger partial charge on any atom is 0.255 e. The van der Waals surface area contributed by atoms with Gasteiger partial charge >= 0.3 is 0 Å². The fourth-order valence-electron chi connectivity index (χ4n) is 2.95. The lowest BCUT2D eigenvalue weighted by molar-refractivity contribution is 0.102. The van der Waals surface area contributed by atoms with E-state index in [0.29, 0.717) is 44.0 Å². The summed E-state index contributed by atoms with van der Waals surface area (Å²) in [5.74, 6) is 0.0302. The second-order valence-electron chi connectivity index (χ2n) is 6.79. The topological polar surface area (TPSA) is 104 Å². The van der Waals surface area contributed by atoms with Gasteiger partial charge in [-0.05, 0) is 48.5 Å². The fraction of sp³-hybridized carbons (Fsp3) is 0.0476. The highest BCUT2D eigenvalue weighted by atomic mass is 35.5. The van der Waals surface area contributed by atoms with Crippen molar-refractivity contribution in [2.75, 3.05) is 16.9 Å². The van der Waals surface area contributed by atoms with E-state index in [0.717, 1.165) is 6.26 Å². The summed E-state index contributed by atoms with van der Waals surface area (Å²) in [6.45, 7) is 0. The molecule has 0 bridgehead atoms. The van der Waals surface area contributed by atoms with Gasteiger partial charge in [0.2, 0.25) is 5.95 Å².